The lowest BCUT2D eigenvalue weighted by Gasteiger charge is -2.13. The van der Waals surface area contributed by atoms with Crippen molar-refractivity contribution < 1.29 is 9.47 Å². The van der Waals surface area contributed by atoms with Crippen LogP contribution in [0.15, 0.2) is 85.1 Å². The molecule has 4 aromatic rings. The van der Waals surface area contributed by atoms with E-state index < -0.39 is 0 Å². The minimum absolute atomic E-state index is 0.494. The number of benzene rings is 3. The molecule has 0 aliphatic rings. The first-order valence-corrected chi connectivity index (χ1v) is 9.89. The highest BCUT2D eigenvalue weighted by Crippen LogP contribution is 2.29. The van der Waals surface area contributed by atoms with Gasteiger partial charge in [-0.3, -0.25) is 0 Å². The van der Waals surface area contributed by atoms with Crippen molar-refractivity contribution in [1.82, 2.24) is 9.55 Å². The zero-order valence-corrected chi connectivity index (χ0v) is 17.2. The molecule has 1 heterocycles. The van der Waals surface area contributed by atoms with Gasteiger partial charge in [0.1, 0.15) is 6.61 Å². The quantitative estimate of drug-likeness (QED) is 0.438. The van der Waals surface area contributed by atoms with Crippen molar-refractivity contribution >= 4 is 5.95 Å². The van der Waals surface area contributed by atoms with Crippen LogP contribution in [0.2, 0.25) is 0 Å². The summed E-state index contributed by atoms with van der Waals surface area (Å²) in [5.74, 6) is 2.26. The molecule has 0 unspecified atom stereocenters. The van der Waals surface area contributed by atoms with Crippen molar-refractivity contribution in [3.8, 4) is 22.8 Å². The lowest BCUT2D eigenvalue weighted by atomic mass is 10.2. The first-order valence-electron chi connectivity index (χ1n) is 9.89. The molecule has 1 N–H and O–H groups in total. The Kier molecular flexibility index (Phi) is 5.99. The van der Waals surface area contributed by atoms with Crippen LogP contribution >= 0.6 is 0 Å². The Morgan fingerprint density at radius 3 is 2.33 bits per heavy atom. The highest BCUT2D eigenvalue weighted by Gasteiger charge is 2.10. The van der Waals surface area contributed by atoms with Gasteiger partial charge in [-0.1, -0.05) is 66.7 Å². The number of hydrogen-bond donors (Lipinski definition) is 1. The van der Waals surface area contributed by atoms with E-state index in [1.807, 2.05) is 80.0 Å². The Morgan fingerprint density at radius 2 is 1.60 bits per heavy atom. The smallest absolute Gasteiger partial charge is 0.203 e. The van der Waals surface area contributed by atoms with Crippen LogP contribution in [0.3, 0.4) is 0 Å². The SMILES string of the molecule is COc1ccc(CNc2ncc(-c3ccccc3)n2C)cc1OCc1ccccc1. The van der Waals surface area contributed by atoms with Crippen molar-refractivity contribution in [2.75, 3.05) is 12.4 Å². The Labute approximate surface area is 176 Å². The van der Waals surface area contributed by atoms with Gasteiger partial charge in [0.25, 0.3) is 0 Å². The molecule has 4 rings (SSSR count). The van der Waals surface area contributed by atoms with Crippen LogP contribution in [0.5, 0.6) is 11.5 Å². The summed E-state index contributed by atoms with van der Waals surface area (Å²) in [6.07, 6.45) is 1.89. The van der Waals surface area contributed by atoms with E-state index in [9.17, 15) is 0 Å². The first kappa shape index (κ1) is 19.6. The van der Waals surface area contributed by atoms with Crippen LogP contribution in [0, 0.1) is 0 Å². The molecule has 0 aliphatic carbocycles. The molecule has 0 bridgehead atoms. The zero-order chi connectivity index (χ0) is 20.8. The predicted octanol–water partition coefficient (Wildman–Crippen LogP) is 5.29. The van der Waals surface area contributed by atoms with Gasteiger partial charge >= 0.3 is 0 Å². The number of anilines is 1. The summed E-state index contributed by atoms with van der Waals surface area (Å²) in [5, 5.41) is 3.41. The fourth-order valence-electron chi connectivity index (χ4n) is 3.31. The minimum Gasteiger partial charge on any atom is -0.493 e. The minimum atomic E-state index is 0.494. The van der Waals surface area contributed by atoms with Gasteiger partial charge in [0.2, 0.25) is 5.95 Å². The summed E-state index contributed by atoms with van der Waals surface area (Å²) in [5.41, 5.74) is 4.41. The maximum Gasteiger partial charge on any atom is 0.203 e. The van der Waals surface area contributed by atoms with Crippen LogP contribution in [0.25, 0.3) is 11.3 Å². The number of hydrogen-bond acceptors (Lipinski definition) is 4. The fraction of sp³-hybridized carbons (Fsp3) is 0.160. The zero-order valence-electron chi connectivity index (χ0n) is 17.2. The molecule has 30 heavy (non-hydrogen) atoms. The lowest BCUT2D eigenvalue weighted by molar-refractivity contribution is 0.284. The first-order chi connectivity index (χ1) is 14.7. The van der Waals surface area contributed by atoms with Gasteiger partial charge in [0.15, 0.2) is 11.5 Å². The summed E-state index contributed by atoms with van der Waals surface area (Å²) >= 11 is 0. The van der Waals surface area contributed by atoms with Gasteiger partial charge in [-0.15, -0.1) is 0 Å². The topological polar surface area (TPSA) is 48.3 Å². The number of rotatable bonds is 8. The van der Waals surface area contributed by atoms with Crippen LogP contribution in [0.4, 0.5) is 5.95 Å². The number of aromatic nitrogens is 2. The molecule has 3 aromatic carbocycles. The second-order valence-corrected chi connectivity index (χ2v) is 7.01. The summed E-state index contributed by atoms with van der Waals surface area (Å²) in [4.78, 5) is 4.54. The molecular formula is C25H25N3O2. The van der Waals surface area contributed by atoms with Crippen molar-refractivity contribution in [3.63, 3.8) is 0 Å². The van der Waals surface area contributed by atoms with Gasteiger partial charge in [-0.2, -0.15) is 0 Å². The molecule has 0 radical (unpaired) electrons. The second kappa shape index (κ2) is 9.18. The van der Waals surface area contributed by atoms with Crippen molar-refractivity contribution in [3.05, 3.63) is 96.2 Å². The van der Waals surface area contributed by atoms with E-state index in [-0.39, 0.29) is 0 Å². The molecule has 5 nitrogen and oxygen atoms in total. The second-order valence-electron chi connectivity index (χ2n) is 7.01. The molecule has 0 fully saturated rings. The van der Waals surface area contributed by atoms with E-state index in [1.165, 1.54) is 0 Å². The Bertz CT molecular complexity index is 1090. The van der Waals surface area contributed by atoms with Gasteiger partial charge in [0.05, 0.1) is 19.0 Å². The molecule has 152 valence electrons. The Hall–Kier alpha value is -3.73. The van der Waals surface area contributed by atoms with Gasteiger partial charge in [-0.25, -0.2) is 4.98 Å². The maximum atomic E-state index is 6.02. The molecule has 1 aromatic heterocycles. The van der Waals surface area contributed by atoms with Crippen LogP contribution in [-0.4, -0.2) is 16.7 Å². The Morgan fingerprint density at radius 1 is 0.867 bits per heavy atom. The monoisotopic (exact) mass is 399 g/mol. The number of methoxy groups -OCH3 is 1. The fourth-order valence-corrected chi connectivity index (χ4v) is 3.31. The molecule has 5 heteroatoms. The third-order valence-corrected chi connectivity index (χ3v) is 4.97. The molecule has 0 atom stereocenters. The van der Waals surface area contributed by atoms with Crippen molar-refractivity contribution in [2.45, 2.75) is 13.2 Å². The van der Waals surface area contributed by atoms with Crippen LogP contribution in [0.1, 0.15) is 11.1 Å². The average molecular weight is 399 g/mol. The van der Waals surface area contributed by atoms with E-state index in [0.717, 1.165) is 39.8 Å². The van der Waals surface area contributed by atoms with E-state index >= 15 is 0 Å². The average Bonchev–Trinajstić information content (AvgIpc) is 3.17. The summed E-state index contributed by atoms with van der Waals surface area (Å²) < 4.78 is 13.5. The predicted molar refractivity (Wildman–Crippen MR) is 120 cm³/mol. The van der Waals surface area contributed by atoms with E-state index in [4.69, 9.17) is 9.47 Å². The number of imidazole rings is 1. The van der Waals surface area contributed by atoms with E-state index in [2.05, 4.69) is 27.0 Å². The van der Waals surface area contributed by atoms with Crippen molar-refractivity contribution in [1.29, 1.82) is 0 Å². The molecule has 0 spiro atoms. The van der Waals surface area contributed by atoms with Gasteiger partial charge in [0, 0.05) is 13.6 Å². The molecule has 0 aliphatic heterocycles. The molecule has 0 amide bonds. The number of nitrogens with one attached hydrogen (secondary N) is 1. The highest BCUT2D eigenvalue weighted by molar-refractivity contribution is 5.61. The Balaban J connectivity index is 1.45. The van der Waals surface area contributed by atoms with E-state index in [0.29, 0.717) is 13.2 Å². The molecule has 0 saturated carbocycles. The maximum absolute atomic E-state index is 6.02. The number of nitrogens with zero attached hydrogens (tertiary/aromatic N) is 2. The summed E-state index contributed by atoms with van der Waals surface area (Å²) in [7, 11) is 3.67. The summed E-state index contributed by atoms with van der Waals surface area (Å²) in [6, 6.07) is 26.3. The van der Waals surface area contributed by atoms with Gasteiger partial charge in [-0.05, 0) is 28.8 Å². The third kappa shape index (κ3) is 4.46. The summed E-state index contributed by atoms with van der Waals surface area (Å²) in [6.45, 7) is 1.12. The van der Waals surface area contributed by atoms with E-state index in [1.54, 1.807) is 7.11 Å². The third-order valence-electron chi connectivity index (χ3n) is 4.97. The van der Waals surface area contributed by atoms with Crippen molar-refractivity contribution in [2.24, 2.45) is 7.05 Å². The molecule has 0 saturated heterocycles. The standard InChI is InChI=1S/C25H25N3O2/c1-28-22(21-11-7-4-8-12-21)17-27-25(28)26-16-20-13-14-23(29-2)24(15-20)30-18-19-9-5-3-6-10-19/h3-15,17H,16,18H2,1-2H3,(H,26,27). The number of ether oxygens (including phenoxy) is 2. The lowest BCUT2D eigenvalue weighted by Crippen LogP contribution is -2.06. The largest absolute Gasteiger partial charge is 0.493 e. The van der Waals surface area contributed by atoms with Gasteiger partial charge < -0.3 is 19.4 Å². The van der Waals surface area contributed by atoms with Crippen LogP contribution < -0.4 is 14.8 Å². The van der Waals surface area contributed by atoms with Crippen LogP contribution in [-0.2, 0) is 20.2 Å². The normalized spacial score (nSPS) is 10.6. The molecular weight excluding hydrogens is 374 g/mol. The highest BCUT2D eigenvalue weighted by atomic mass is 16.5.